The Morgan fingerprint density at radius 1 is 1.41 bits per heavy atom. The second kappa shape index (κ2) is 7.70. The van der Waals surface area contributed by atoms with E-state index in [-0.39, 0.29) is 18.2 Å². The number of ether oxygens (including phenoxy) is 1. The maximum absolute atomic E-state index is 12.4. The van der Waals surface area contributed by atoms with Gasteiger partial charge in [0.25, 0.3) is 0 Å². The lowest BCUT2D eigenvalue weighted by Gasteiger charge is -2.19. The molecule has 142 valence electrons. The fraction of sp³-hybridized carbons (Fsp3) is 0.400. The lowest BCUT2D eigenvalue weighted by molar-refractivity contribution is 0.0998. The van der Waals surface area contributed by atoms with Crippen LogP contribution in [0.1, 0.15) is 43.5 Å². The summed E-state index contributed by atoms with van der Waals surface area (Å²) in [4.78, 5) is 12.4. The molecule has 1 aliphatic rings. The first-order valence-electron chi connectivity index (χ1n) is 9.27. The normalized spacial score (nSPS) is 19.7. The topological polar surface area (TPSA) is 68.2 Å². The van der Waals surface area contributed by atoms with Crippen molar-refractivity contribution in [2.75, 3.05) is 6.61 Å². The zero-order valence-electron chi connectivity index (χ0n) is 15.5. The van der Waals surface area contributed by atoms with E-state index in [1.165, 1.54) is 10.1 Å². The summed E-state index contributed by atoms with van der Waals surface area (Å²) >= 11 is 1.70. The zero-order chi connectivity index (χ0) is 18.8. The molecule has 7 heteroatoms. The zero-order valence-corrected chi connectivity index (χ0v) is 16.3. The minimum atomic E-state index is -0.166. The second-order valence-corrected chi connectivity index (χ2v) is 8.03. The summed E-state index contributed by atoms with van der Waals surface area (Å²) < 4.78 is 9.00. The van der Waals surface area contributed by atoms with Gasteiger partial charge < -0.3 is 15.4 Å². The van der Waals surface area contributed by atoms with Gasteiger partial charge in [-0.1, -0.05) is 18.2 Å². The van der Waals surface area contributed by atoms with E-state index in [2.05, 4.69) is 53.2 Å². The maximum atomic E-state index is 12.4. The van der Waals surface area contributed by atoms with Crippen LogP contribution in [0, 0.1) is 0 Å². The Morgan fingerprint density at radius 2 is 2.30 bits per heavy atom. The van der Waals surface area contributed by atoms with Crippen molar-refractivity contribution in [3.63, 3.8) is 0 Å². The molecular weight excluding hydrogens is 360 g/mol. The summed E-state index contributed by atoms with van der Waals surface area (Å²) in [7, 11) is 0. The molecule has 27 heavy (non-hydrogen) atoms. The third-order valence-corrected chi connectivity index (χ3v) is 5.89. The molecule has 0 radical (unpaired) electrons. The van der Waals surface area contributed by atoms with Gasteiger partial charge in [0, 0.05) is 35.7 Å². The minimum absolute atomic E-state index is 0.0488. The number of nitrogens with one attached hydrogen (secondary N) is 2. The van der Waals surface area contributed by atoms with Crippen molar-refractivity contribution in [3.8, 4) is 0 Å². The number of hydrogen-bond donors (Lipinski definition) is 2. The van der Waals surface area contributed by atoms with Gasteiger partial charge in [-0.15, -0.1) is 11.3 Å². The minimum Gasteiger partial charge on any atom is -0.371 e. The summed E-state index contributed by atoms with van der Waals surface area (Å²) in [6, 6.07) is 8.36. The number of aromatic nitrogens is 2. The number of fused-ring (bicyclic) bond motifs is 1. The molecule has 0 unspecified atom stereocenters. The Balaban J connectivity index is 1.37. The molecule has 3 heterocycles. The molecule has 1 saturated heterocycles. The van der Waals surface area contributed by atoms with Gasteiger partial charge in [-0.25, -0.2) is 4.79 Å². The van der Waals surface area contributed by atoms with Crippen LogP contribution in [-0.2, 0) is 11.3 Å². The summed E-state index contributed by atoms with van der Waals surface area (Å²) in [5.74, 6) is 0. The van der Waals surface area contributed by atoms with Crippen molar-refractivity contribution in [2.24, 2.45) is 0 Å². The van der Waals surface area contributed by atoms with Crippen molar-refractivity contribution in [3.05, 3.63) is 53.2 Å². The first-order valence-corrected chi connectivity index (χ1v) is 10.1. The van der Waals surface area contributed by atoms with Crippen molar-refractivity contribution < 1.29 is 9.53 Å². The van der Waals surface area contributed by atoms with Gasteiger partial charge in [0.05, 0.1) is 12.2 Å². The highest BCUT2D eigenvalue weighted by atomic mass is 32.1. The summed E-state index contributed by atoms with van der Waals surface area (Å²) in [5.41, 5.74) is 2.14. The lowest BCUT2D eigenvalue weighted by Crippen LogP contribution is -2.43. The number of amides is 2. The highest BCUT2D eigenvalue weighted by Gasteiger charge is 2.32. The number of carbonyl (C=O) groups excluding carboxylic acids is 1. The molecule has 2 atom stereocenters. The van der Waals surface area contributed by atoms with Crippen LogP contribution in [0.15, 0.2) is 42.0 Å². The van der Waals surface area contributed by atoms with Gasteiger partial charge in [-0.3, -0.25) is 4.68 Å². The quantitative estimate of drug-likeness (QED) is 0.698. The van der Waals surface area contributed by atoms with E-state index in [0.717, 1.165) is 17.5 Å². The van der Waals surface area contributed by atoms with Crippen LogP contribution in [0.2, 0.25) is 0 Å². The molecule has 3 aromatic rings. The Hall–Kier alpha value is -2.38. The number of rotatable bonds is 5. The van der Waals surface area contributed by atoms with E-state index in [9.17, 15) is 4.79 Å². The number of urea groups is 1. The van der Waals surface area contributed by atoms with Crippen LogP contribution in [0.3, 0.4) is 0 Å². The molecule has 2 aromatic heterocycles. The fourth-order valence-corrected chi connectivity index (χ4v) is 4.35. The van der Waals surface area contributed by atoms with E-state index in [0.29, 0.717) is 19.2 Å². The van der Waals surface area contributed by atoms with Crippen LogP contribution in [-0.4, -0.2) is 28.5 Å². The molecule has 2 amide bonds. The smallest absolute Gasteiger partial charge is 0.315 e. The monoisotopic (exact) mass is 384 g/mol. The van der Waals surface area contributed by atoms with Crippen LogP contribution < -0.4 is 10.6 Å². The number of hydrogen-bond acceptors (Lipinski definition) is 4. The molecular formula is C20H24N4O2S. The van der Waals surface area contributed by atoms with Crippen molar-refractivity contribution in [1.29, 1.82) is 0 Å². The maximum Gasteiger partial charge on any atom is 0.315 e. The van der Waals surface area contributed by atoms with E-state index in [4.69, 9.17) is 4.74 Å². The molecule has 2 N–H and O–H groups in total. The van der Waals surface area contributed by atoms with Gasteiger partial charge in [-0.05, 0) is 42.7 Å². The third-order valence-electron chi connectivity index (χ3n) is 4.89. The van der Waals surface area contributed by atoms with Gasteiger partial charge in [-0.2, -0.15) is 5.10 Å². The van der Waals surface area contributed by atoms with Crippen LogP contribution >= 0.6 is 11.3 Å². The predicted molar refractivity (Wildman–Crippen MR) is 107 cm³/mol. The number of carbonyl (C=O) groups is 1. The molecule has 1 aliphatic heterocycles. The number of thiophene rings is 1. The predicted octanol–water partition coefficient (Wildman–Crippen LogP) is 4.01. The van der Waals surface area contributed by atoms with Crippen molar-refractivity contribution in [2.45, 2.75) is 45.0 Å². The van der Waals surface area contributed by atoms with E-state index in [1.807, 2.05) is 23.1 Å². The molecule has 6 nitrogen and oxygen atoms in total. The number of nitrogens with zero attached hydrogens (tertiary/aromatic N) is 2. The molecule has 4 rings (SSSR count). The number of benzene rings is 1. The Kier molecular flexibility index (Phi) is 5.13. The Labute approximate surface area is 162 Å². The third kappa shape index (κ3) is 3.84. The second-order valence-electron chi connectivity index (χ2n) is 7.12. The van der Waals surface area contributed by atoms with Gasteiger partial charge in [0.15, 0.2) is 0 Å². The largest absolute Gasteiger partial charge is 0.371 e. The first-order chi connectivity index (χ1) is 13.1. The van der Waals surface area contributed by atoms with Gasteiger partial charge in [0.2, 0.25) is 0 Å². The highest BCUT2D eigenvalue weighted by Crippen LogP contribution is 2.29. The average Bonchev–Trinajstić information content (AvgIpc) is 3.39. The first kappa shape index (κ1) is 18.0. The van der Waals surface area contributed by atoms with Crippen molar-refractivity contribution >= 4 is 27.5 Å². The van der Waals surface area contributed by atoms with Crippen LogP contribution in [0.25, 0.3) is 10.1 Å². The Morgan fingerprint density at radius 3 is 3.11 bits per heavy atom. The SMILES string of the molecule is CC(C)n1cc([C@@H]2OCC[C@H]2NC(=O)NCc2cccc3ccsc23)cn1. The van der Waals surface area contributed by atoms with Crippen molar-refractivity contribution in [1.82, 2.24) is 20.4 Å². The summed E-state index contributed by atoms with van der Waals surface area (Å²) in [5, 5.41) is 13.7. The molecule has 0 aliphatic carbocycles. The standard InChI is InChI=1S/C20H24N4O2S/c1-13(2)24-12-16(11-22-24)18-17(6-8-26-18)23-20(25)21-10-15-5-3-4-14-7-9-27-19(14)15/h3-5,7,9,11-13,17-18H,6,8,10H2,1-2H3,(H2,21,23,25)/t17-,18+/m1/s1. The Bertz CT molecular complexity index is 933. The lowest BCUT2D eigenvalue weighted by atomic mass is 10.1. The highest BCUT2D eigenvalue weighted by molar-refractivity contribution is 7.17. The van der Waals surface area contributed by atoms with E-state index >= 15 is 0 Å². The van der Waals surface area contributed by atoms with Crippen LogP contribution in [0.5, 0.6) is 0 Å². The molecule has 1 aromatic carbocycles. The van der Waals surface area contributed by atoms with Gasteiger partial charge in [0.1, 0.15) is 6.10 Å². The molecule has 0 spiro atoms. The molecule has 0 saturated carbocycles. The van der Waals surface area contributed by atoms with E-state index in [1.54, 1.807) is 11.3 Å². The molecule has 0 bridgehead atoms. The van der Waals surface area contributed by atoms with Crippen LogP contribution in [0.4, 0.5) is 4.79 Å². The average molecular weight is 385 g/mol. The molecule has 1 fully saturated rings. The van der Waals surface area contributed by atoms with Gasteiger partial charge >= 0.3 is 6.03 Å². The summed E-state index contributed by atoms with van der Waals surface area (Å²) in [6.07, 6.45) is 4.49. The summed E-state index contributed by atoms with van der Waals surface area (Å²) in [6.45, 7) is 5.32. The fourth-order valence-electron chi connectivity index (χ4n) is 3.44. The van der Waals surface area contributed by atoms with E-state index < -0.39 is 0 Å².